The lowest BCUT2D eigenvalue weighted by Gasteiger charge is -2.64. The largest absolute Gasteiger partial charge is 0.504 e. The lowest BCUT2D eigenvalue weighted by atomic mass is 9.48. The number of ether oxygens (including phenoxy) is 2. The number of benzene rings is 2. The molecule has 1 N–H and O–H groups in total. The van der Waals surface area contributed by atoms with Gasteiger partial charge in [0.05, 0.1) is 11.0 Å². The lowest BCUT2D eigenvalue weighted by Crippen LogP contribution is -2.76. The first-order valence-electron chi connectivity index (χ1n) is 12.2. The Morgan fingerprint density at radius 2 is 1.91 bits per heavy atom. The Labute approximate surface area is 192 Å². The number of phenols is 1. The predicted octanol–water partition coefficient (Wildman–Crippen LogP) is 5.39. The highest BCUT2D eigenvalue weighted by molar-refractivity contribution is 5.61. The first-order chi connectivity index (χ1) is 15.3. The number of hydrogen-bond donors (Lipinski definition) is 1. The Bertz CT molecular complexity index is 992. The summed E-state index contributed by atoms with van der Waals surface area (Å²) < 4.78 is 13.8. The molecule has 0 radical (unpaired) electrons. The maximum absolute atomic E-state index is 10.8. The Balaban J connectivity index is 1.55. The summed E-state index contributed by atoms with van der Waals surface area (Å²) in [7, 11) is 2.23. The summed E-state index contributed by atoms with van der Waals surface area (Å²) in [6, 6.07) is 14.8. The van der Waals surface area contributed by atoms with Gasteiger partial charge in [-0.05, 0) is 90.1 Å². The molecule has 172 valence electrons. The van der Waals surface area contributed by atoms with E-state index in [9.17, 15) is 5.11 Å². The number of rotatable bonds is 5. The Kier molecular flexibility index (Phi) is 5.29. The van der Waals surface area contributed by atoms with Crippen molar-refractivity contribution in [3.63, 3.8) is 0 Å². The highest BCUT2D eigenvalue weighted by Crippen LogP contribution is 2.67. The van der Waals surface area contributed by atoms with Gasteiger partial charge in [-0.3, -0.25) is 0 Å². The van der Waals surface area contributed by atoms with E-state index in [0.29, 0.717) is 5.75 Å². The van der Waals surface area contributed by atoms with Crippen LogP contribution in [0, 0.1) is 6.92 Å². The van der Waals surface area contributed by atoms with Gasteiger partial charge in [-0.25, -0.2) is 0 Å². The number of piperidine rings is 1. The summed E-state index contributed by atoms with van der Waals surface area (Å²) in [4.78, 5) is 2.46. The van der Waals surface area contributed by atoms with Crippen LogP contribution in [0.15, 0.2) is 42.5 Å². The fraction of sp³-hybridized carbons (Fsp3) is 0.571. The third-order valence-corrected chi connectivity index (χ3v) is 8.91. The van der Waals surface area contributed by atoms with Crippen LogP contribution in [0.1, 0.15) is 62.6 Å². The van der Waals surface area contributed by atoms with E-state index in [4.69, 9.17) is 9.47 Å². The smallest absolute Gasteiger partial charge is 0.166 e. The van der Waals surface area contributed by atoms with Crippen molar-refractivity contribution in [2.45, 2.75) is 82.0 Å². The summed E-state index contributed by atoms with van der Waals surface area (Å²) in [5.41, 5.74) is 2.80. The van der Waals surface area contributed by atoms with E-state index >= 15 is 0 Å². The molecule has 5 rings (SSSR count). The maximum Gasteiger partial charge on any atom is 0.166 e. The summed E-state index contributed by atoms with van der Waals surface area (Å²) in [5.74, 6) is 0.962. The average Bonchev–Trinajstić information content (AvgIpc) is 3.08. The van der Waals surface area contributed by atoms with Crippen molar-refractivity contribution < 1.29 is 14.6 Å². The van der Waals surface area contributed by atoms with Crippen LogP contribution in [0.25, 0.3) is 0 Å². The van der Waals surface area contributed by atoms with E-state index < -0.39 is 0 Å². The van der Waals surface area contributed by atoms with Crippen molar-refractivity contribution in [1.29, 1.82) is 0 Å². The van der Waals surface area contributed by atoms with Crippen molar-refractivity contribution in [3.05, 3.63) is 59.2 Å². The zero-order valence-corrected chi connectivity index (χ0v) is 20.0. The number of aryl methyl sites for hydroxylation is 2. The molecule has 2 aromatic rings. The van der Waals surface area contributed by atoms with Gasteiger partial charge in [-0.1, -0.05) is 36.4 Å². The predicted molar refractivity (Wildman–Crippen MR) is 128 cm³/mol. The van der Waals surface area contributed by atoms with Gasteiger partial charge in [0.1, 0.15) is 5.60 Å². The Hall–Kier alpha value is -2.04. The van der Waals surface area contributed by atoms with Gasteiger partial charge in [-0.2, -0.15) is 0 Å². The van der Waals surface area contributed by atoms with Crippen molar-refractivity contribution in [2.75, 3.05) is 20.2 Å². The molecule has 2 aliphatic heterocycles. The second-order valence-corrected chi connectivity index (χ2v) is 10.4. The summed E-state index contributed by atoms with van der Waals surface area (Å²) in [6.45, 7) is 8.51. The lowest BCUT2D eigenvalue weighted by molar-refractivity contribution is -0.226. The molecule has 0 bridgehead atoms. The third kappa shape index (κ3) is 2.88. The number of hydrogen-bond acceptors (Lipinski definition) is 4. The zero-order chi connectivity index (χ0) is 22.6. The molecule has 4 heteroatoms. The monoisotopic (exact) mass is 435 g/mol. The second kappa shape index (κ2) is 7.78. The molecule has 4 nitrogen and oxygen atoms in total. The number of likely N-dealkylation sites (N-methyl/N-ethyl adjacent to an activating group) is 1. The van der Waals surface area contributed by atoms with Gasteiger partial charge in [0, 0.05) is 18.2 Å². The SMILES string of the molecule is Cc1ccc(O)c2c1C13CCN(C)[C@H](C)[C@]1(OCCCc1ccccc1)CCC[C@]3(C)O2. The van der Waals surface area contributed by atoms with Gasteiger partial charge in [0.2, 0.25) is 0 Å². The van der Waals surface area contributed by atoms with Crippen LogP contribution in [0.2, 0.25) is 0 Å². The number of aromatic hydroxyl groups is 1. The molecule has 1 saturated carbocycles. The second-order valence-electron chi connectivity index (χ2n) is 10.4. The van der Waals surface area contributed by atoms with Crippen molar-refractivity contribution >= 4 is 0 Å². The molecule has 0 amide bonds. The van der Waals surface area contributed by atoms with Crippen LogP contribution in [0.3, 0.4) is 0 Å². The van der Waals surface area contributed by atoms with Gasteiger partial charge >= 0.3 is 0 Å². The topological polar surface area (TPSA) is 41.9 Å². The molecule has 4 atom stereocenters. The molecule has 1 spiro atoms. The first-order valence-corrected chi connectivity index (χ1v) is 12.2. The molecule has 32 heavy (non-hydrogen) atoms. The Morgan fingerprint density at radius 1 is 1.12 bits per heavy atom. The fourth-order valence-corrected chi connectivity index (χ4v) is 7.26. The van der Waals surface area contributed by atoms with E-state index in [1.54, 1.807) is 6.07 Å². The maximum atomic E-state index is 10.8. The van der Waals surface area contributed by atoms with Gasteiger partial charge in [-0.15, -0.1) is 0 Å². The highest BCUT2D eigenvalue weighted by atomic mass is 16.5. The fourth-order valence-electron chi connectivity index (χ4n) is 7.26. The van der Waals surface area contributed by atoms with Crippen molar-refractivity contribution in [3.8, 4) is 11.5 Å². The summed E-state index contributed by atoms with van der Waals surface area (Å²) >= 11 is 0. The van der Waals surface area contributed by atoms with E-state index in [1.807, 2.05) is 0 Å². The van der Waals surface area contributed by atoms with Crippen LogP contribution in [0.5, 0.6) is 11.5 Å². The minimum absolute atomic E-state index is 0.255. The number of likely N-dealkylation sites (tertiary alicyclic amines) is 1. The standard InChI is InChI=1S/C28H37NO3/c1-20-13-14-23(30)25-24(20)27-17-18-29(4)21(2)28(27,16-9-15-26(27,3)32-25)31-19-8-12-22-10-6-5-7-11-22/h5-7,10-11,13-14,21,30H,8-9,12,15-19H2,1-4H3/t21-,26+,27?,28-/m1/s1. The van der Waals surface area contributed by atoms with Gasteiger partial charge in [0.15, 0.2) is 11.5 Å². The molecular weight excluding hydrogens is 398 g/mol. The third-order valence-electron chi connectivity index (χ3n) is 8.91. The van der Waals surface area contributed by atoms with Crippen molar-refractivity contribution in [2.24, 2.45) is 0 Å². The normalized spacial score (nSPS) is 33.8. The number of nitrogens with zero attached hydrogens (tertiary/aromatic N) is 1. The molecule has 1 unspecified atom stereocenters. The molecule has 3 aliphatic rings. The molecule has 1 saturated heterocycles. The number of fused-ring (bicyclic) bond motifs is 1. The van der Waals surface area contributed by atoms with E-state index in [2.05, 4.69) is 69.1 Å². The van der Waals surface area contributed by atoms with E-state index in [1.165, 1.54) is 16.7 Å². The average molecular weight is 436 g/mol. The number of phenolic OH excluding ortho intramolecular Hbond substituents is 1. The van der Waals surface area contributed by atoms with Gasteiger partial charge in [0.25, 0.3) is 0 Å². The molecular formula is C28H37NO3. The molecule has 2 heterocycles. The molecule has 2 fully saturated rings. The minimum atomic E-state index is -0.369. The van der Waals surface area contributed by atoms with Crippen LogP contribution in [-0.4, -0.2) is 47.4 Å². The van der Waals surface area contributed by atoms with E-state index in [0.717, 1.165) is 51.7 Å². The van der Waals surface area contributed by atoms with E-state index in [-0.39, 0.29) is 28.4 Å². The summed E-state index contributed by atoms with van der Waals surface area (Å²) in [6.07, 6.45) is 6.10. The highest BCUT2D eigenvalue weighted by Gasteiger charge is 2.73. The molecule has 0 aromatic heterocycles. The van der Waals surface area contributed by atoms with Crippen LogP contribution in [-0.2, 0) is 16.6 Å². The first kappa shape index (κ1) is 21.8. The molecule has 2 aromatic carbocycles. The Morgan fingerprint density at radius 3 is 2.69 bits per heavy atom. The quantitative estimate of drug-likeness (QED) is 0.640. The summed E-state index contributed by atoms with van der Waals surface area (Å²) in [5, 5.41) is 10.8. The van der Waals surface area contributed by atoms with Crippen molar-refractivity contribution in [1.82, 2.24) is 4.90 Å². The van der Waals surface area contributed by atoms with Gasteiger partial charge < -0.3 is 19.5 Å². The van der Waals surface area contributed by atoms with Crippen LogP contribution >= 0.6 is 0 Å². The van der Waals surface area contributed by atoms with Crippen LogP contribution < -0.4 is 4.74 Å². The zero-order valence-electron chi connectivity index (χ0n) is 20.0. The minimum Gasteiger partial charge on any atom is -0.504 e. The van der Waals surface area contributed by atoms with Crippen LogP contribution in [0.4, 0.5) is 0 Å². The molecule has 1 aliphatic carbocycles.